The summed E-state index contributed by atoms with van der Waals surface area (Å²) in [6, 6.07) is 6.59. The van der Waals surface area contributed by atoms with Gasteiger partial charge in [-0.1, -0.05) is 6.92 Å². The molecule has 2 heterocycles. The Bertz CT molecular complexity index is 1050. The number of carbonyl (C=O) groups excluding carboxylic acids is 1. The number of alkyl halides is 3. The van der Waals surface area contributed by atoms with Gasteiger partial charge in [0.1, 0.15) is 0 Å². The quantitative estimate of drug-likeness (QED) is 0.643. The molecule has 0 radical (unpaired) electrons. The van der Waals surface area contributed by atoms with Gasteiger partial charge < -0.3 is 9.15 Å². The molecular weight excluding hydrogens is 365 g/mol. The molecule has 6 nitrogen and oxygen atoms in total. The van der Waals surface area contributed by atoms with E-state index in [9.17, 15) is 22.8 Å². The molecule has 0 N–H and O–H groups in total. The fraction of sp³-hybridized carbons (Fsp3) is 0.278. The van der Waals surface area contributed by atoms with Crippen molar-refractivity contribution >= 4 is 17.1 Å². The number of carbonyl (C=O) groups is 1. The molecule has 0 aliphatic heterocycles. The van der Waals surface area contributed by atoms with Gasteiger partial charge in [-0.15, -0.1) is 0 Å². The van der Waals surface area contributed by atoms with Gasteiger partial charge in [0.2, 0.25) is 5.71 Å². The van der Waals surface area contributed by atoms with E-state index in [-0.39, 0.29) is 34.5 Å². The van der Waals surface area contributed by atoms with E-state index in [1.807, 2.05) is 6.92 Å². The minimum absolute atomic E-state index is 0.111. The van der Waals surface area contributed by atoms with Crippen LogP contribution in [0.5, 0.6) is 0 Å². The molecule has 2 aromatic heterocycles. The zero-order valence-corrected chi connectivity index (χ0v) is 14.5. The molecule has 3 rings (SSSR count). The smallest absolute Gasteiger partial charge is 0.435 e. The molecule has 0 unspecified atom stereocenters. The fourth-order valence-electron chi connectivity index (χ4n) is 2.62. The average Bonchev–Trinajstić information content (AvgIpc) is 3.00. The number of nitrogens with zero attached hydrogens (tertiary/aromatic N) is 2. The van der Waals surface area contributed by atoms with Gasteiger partial charge in [-0.3, -0.25) is 0 Å². The molecule has 0 fully saturated rings. The first-order valence-electron chi connectivity index (χ1n) is 8.10. The van der Waals surface area contributed by atoms with E-state index in [0.717, 1.165) is 10.7 Å². The van der Waals surface area contributed by atoms with Crippen LogP contribution in [0.4, 0.5) is 13.2 Å². The Morgan fingerprint density at radius 1 is 1.26 bits per heavy atom. The highest BCUT2D eigenvalue weighted by atomic mass is 19.4. The van der Waals surface area contributed by atoms with Crippen molar-refractivity contribution in [3.63, 3.8) is 0 Å². The van der Waals surface area contributed by atoms with Crippen LogP contribution in [0.1, 0.15) is 35.0 Å². The lowest BCUT2D eigenvalue weighted by Crippen LogP contribution is -2.08. The van der Waals surface area contributed by atoms with Crippen molar-refractivity contribution in [2.45, 2.75) is 26.4 Å². The summed E-state index contributed by atoms with van der Waals surface area (Å²) in [6.45, 7) is 3.50. The molecule has 0 bridgehead atoms. The van der Waals surface area contributed by atoms with Gasteiger partial charge in [0, 0.05) is 6.07 Å². The van der Waals surface area contributed by atoms with E-state index in [1.54, 1.807) is 0 Å². The van der Waals surface area contributed by atoms with Crippen molar-refractivity contribution < 1.29 is 27.1 Å². The monoisotopic (exact) mass is 380 g/mol. The number of aromatic nitrogens is 2. The van der Waals surface area contributed by atoms with Crippen LogP contribution in [0.25, 0.3) is 16.8 Å². The Morgan fingerprint density at radius 2 is 1.93 bits per heavy atom. The lowest BCUT2D eigenvalue weighted by molar-refractivity contribution is -0.140. The zero-order valence-electron chi connectivity index (χ0n) is 14.5. The number of hydrogen-bond acceptors (Lipinski definition) is 5. The second kappa shape index (κ2) is 6.90. The number of rotatable bonds is 4. The molecule has 3 aromatic rings. The van der Waals surface area contributed by atoms with Crippen LogP contribution < -0.4 is 5.63 Å². The maximum atomic E-state index is 13.4. The van der Waals surface area contributed by atoms with Crippen LogP contribution in [0.15, 0.2) is 39.5 Å². The summed E-state index contributed by atoms with van der Waals surface area (Å²) in [7, 11) is 0. The first-order valence-corrected chi connectivity index (χ1v) is 8.10. The third-order valence-electron chi connectivity index (χ3n) is 3.82. The van der Waals surface area contributed by atoms with Gasteiger partial charge in [-0.05, 0) is 43.2 Å². The first-order chi connectivity index (χ1) is 12.7. The summed E-state index contributed by atoms with van der Waals surface area (Å²) in [5.74, 6) is -0.535. The number of aryl methyl sites for hydroxylation is 1. The number of ether oxygens (including phenoxy) is 1. The Kier molecular flexibility index (Phi) is 4.77. The van der Waals surface area contributed by atoms with E-state index in [0.29, 0.717) is 6.42 Å². The van der Waals surface area contributed by atoms with Crippen molar-refractivity contribution in [1.29, 1.82) is 0 Å². The van der Waals surface area contributed by atoms with Gasteiger partial charge in [-0.2, -0.15) is 23.0 Å². The summed E-state index contributed by atoms with van der Waals surface area (Å²) in [5, 5.41) is 3.32. The standard InChI is InChI=1S/C18H15F3N2O4/c1-3-8-26-17(25)11-4-6-12(7-5-11)23-16-14(10(2)9-13(24)27-16)15(22-23)18(19,20)21/h4-7,9H,3,8H2,1-2H3. The van der Waals surface area contributed by atoms with E-state index >= 15 is 0 Å². The Balaban J connectivity index is 2.12. The molecule has 0 saturated carbocycles. The number of halogens is 3. The van der Waals surface area contributed by atoms with Crippen LogP contribution in [0.3, 0.4) is 0 Å². The molecule has 0 aliphatic rings. The topological polar surface area (TPSA) is 74.3 Å². The molecule has 0 aliphatic carbocycles. The van der Waals surface area contributed by atoms with Crippen LogP contribution >= 0.6 is 0 Å². The lowest BCUT2D eigenvalue weighted by Gasteiger charge is -2.05. The molecule has 0 atom stereocenters. The van der Waals surface area contributed by atoms with Crippen molar-refractivity contribution in [2.75, 3.05) is 6.61 Å². The summed E-state index contributed by atoms with van der Waals surface area (Å²) in [4.78, 5) is 23.5. The molecule has 1 aromatic carbocycles. The summed E-state index contributed by atoms with van der Waals surface area (Å²) in [5.41, 5.74) is -1.68. The SMILES string of the molecule is CCCOC(=O)c1ccc(-n2nc(C(F)(F)F)c3c(C)cc(=O)oc32)cc1. The predicted molar refractivity (Wildman–Crippen MR) is 89.9 cm³/mol. The van der Waals surface area contributed by atoms with Gasteiger partial charge in [-0.25, -0.2) is 9.59 Å². The van der Waals surface area contributed by atoms with Gasteiger partial charge >= 0.3 is 17.8 Å². The third kappa shape index (κ3) is 3.57. The second-order valence-electron chi connectivity index (χ2n) is 5.87. The molecule has 27 heavy (non-hydrogen) atoms. The summed E-state index contributed by atoms with van der Waals surface area (Å²) >= 11 is 0. The Labute approximate surface area is 151 Å². The lowest BCUT2D eigenvalue weighted by atomic mass is 10.1. The zero-order chi connectivity index (χ0) is 19.8. The summed E-state index contributed by atoms with van der Waals surface area (Å²) in [6.07, 6.45) is -4.06. The van der Waals surface area contributed by atoms with Gasteiger partial charge in [0.15, 0.2) is 5.69 Å². The number of fused-ring (bicyclic) bond motifs is 1. The highest BCUT2D eigenvalue weighted by Gasteiger charge is 2.38. The van der Waals surface area contributed by atoms with Crippen LogP contribution in [0, 0.1) is 6.92 Å². The maximum Gasteiger partial charge on any atom is 0.435 e. The van der Waals surface area contributed by atoms with Crippen molar-refractivity contribution in [1.82, 2.24) is 9.78 Å². The van der Waals surface area contributed by atoms with Crippen molar-refractivity contribution in [2.24, 2.45) is 0 Å². The van der Waals surface area contributed by atoms with Gasteiger partial charge in [0.25, 0.3) is 0 Å². The minimum atomic E-state index is -4.72. The number of hydrogen-bond donors (Lipinski definition) is 0. The van der Waals surface area contributed by atoms with E-state index in [4.69, 9.17) is 9.15 Å². The largest absolute Gasteiger partial charge is 0.462 e. The van der Waals surface area contributed by atoms with E-state index < -0.39 is 23.5 Å². The molecule has 0 amide bonds. The van der Waals surface area contributed by atoms with Crippen LogP contribution in [-0.4, -0.2) is 22.4 Å². The van der Waals surface area contributed by atoms with E-state index in [1.165, 1.54) is 31.2 Å². The third-order valence-corrected chi connectivity index (χ3v) is 3.82. The van der Waals surface area contributed by atoms with Crippen LogP contribution in [-0.2, 0) is 10.9 Å². The van der Waals surface area contributed by atoms with Crippen molar-refractivity contribution in [3.8, 4) is 5.69 Å². The Morgan fingerprint density at radius 3 is 2.52 bits per heavy atom. The highest BCUT2D eigenvalue weighted by molar-refractivity contribution is 5.89. The van der Waals surface area contributed by atoms with E-state index in [2.05, 4.69) is 5.10 Å². The number of benzene rings is 1. The maximum absolute atomic E-state index is 13.4. The van der Waals surface area contributed by atoms with Crippen molar-refractivity contribution in [3.05, 3.63) is 57.6 Å². The summed E-state index contributed by atoms with van der Waals surface area (Å²) < 4.78 is 51.0. The average molecular weight is 380 g/mol. The van der Waals surface area contributed by atoms with Gasteiger partial charge in [0.05, 0.1) is 23.2 Å². The molecule has 0 spiro atoms. The second-order valence-corrected chi connectivity index (χ2v) is 5.87. The molecule has 142 valence electrons. The molecule has 0 saturated heterocycles. The normalized spacial score (nSPS) is 11.7. The fourth-order valence-corrected chi connectivity index (χ4v) is 2.62. The minimum Gasteiger partial charge on any atom is -0.462 e. The highest BCUT2D eigenvalue weighted by Crippen LogP contribution is 2.36. The molecule has 9 heteroatoms. The predicted octanol–water partition coefficient (Wildman–Crippen LogP) is 3.87. The number of esters is 1. The van der Waals surface area contributed by atoms with Crippen LogP contribution in [0.2, 0.25) is 0 Å². The Hall–Kier alpha value is -3.10. The first kappa shape index (κ1) is 18.7. The molecular formula is C18H15F3N2O4.